The van der Waals surface area contributed by atoms with Gasteiger partial charge >= 0.3 is 0 Å². The van der Waals surface area contributed by atoms with E-state index in [-0.39, 0.29) is 71.6 Å². The average Bonchev–Trinajstić information content (AvgIpc) is 3.67. The molecule has 2 saturated heterocycles. The maximum atomic E-state index is 14.3. The highest BCUT2D eigenvalue weighted by Gasteiger charge is 2.69. The summed E-state index contributed by atoms with van der Waals surface area (Å²) < 4.78 is 25.4. The number of hydrogen-bond donors (Lipinski definition) is 1. The number of carbonyl (C=O) groups is 5. The first-order valence-corrected chi connectivity index (χ1v) is 17.9. The molecule has 0 aromatic rings. The summed E-state index contributed by atoms with van der Waals surface area (Å²) in [6.45, 7) is 14.2. The Bertz CT molecular complexity index is 1260. The lowest BCUT2D eigenvalue weighted by Crippen LogP contribution is -2.51. The molecule has 0 spiro atoms. The van der Waals surface area contributed by atoms with Crippen LogP contribution in [0.1, 0.15) is 99.8 Å². The maximum absolute atomic E-state index is 14.3. The van der Waals surface area contributed by atoms with E-state index >= 15 is 0 Å². The molecule has 2 aliphatic carbocycles. The van der Waals surface area contributed by atoms with Crippen molar-refractivity contribution in [3.63, 3.8) is 0 Å². The summed E-state index contributed by atoms with van der Waals surface area (Å²) in [5.74, 6) is -3.48. The Kier molecular flexibility index (Phi) is 9.44. The van der Waals surface area contributed by atoms with E-state index < -0.39 is 50.1 Å². The number of primary amides is 1. The molecule has 0 bridgehead atoms. The number of sulfone groups is 1. The molecule has 4 rings (SSSR count). The molecule has 7 atom stereocenters. The Hall–Kier alpha value is -2.10. The molecule has 4 aliphatic rings. The van der Waals surface area contributed by atoms with Gasteiger partial charge in [-0.15, -0.1) is 0 Å². The van der Waals surface area contributed by atoms with Crippen molar-refractivity contribution in [2.45, 2.75) is 111 Å². The minimum absolute atomic E-state index is 0.00670. The van der Waals surface area contributed by atoms with E-state index in [1.165, 1.54) is 0 Å². The zero-order chi connectivity index (χ0) is 32.2. The molecule has 2 N–H and O–H groups in total. The fraction of sp³-hybridized carbons (Fsp3) is 0.848. The van der Waals surface area contributed by atoms with Crippen LogP contribution in [0.15, 0.2) is 0 Å². The fourth-order valence-electron chi connectivity index (χ4n) is 8.12. The molecule has 2 aliphatic heterocycles. The van der Waals surface area contributed by atoms with Crippen molar-refractivity contribution in [2.75, 3.05) is 12.3 Å². The zero-order valence-corrected chi connectivity index (χ0v) is 27.9. The van der Waals surface area contributed by atoms with Crippen LogP contribution in [0.25, 0.3) is 0 Å². The van der Waals surface area contributed by atoms with Crippen molar-refractivity contribution in [3.05, 3.63) is 0 Å². The van der Waals surface area contributed by atoms with Gasteiger partial charge in [-0.25, -0.2) is 8.42 Å². The molecule has 0 radical (unpaired) electrons. The lowest BCUT2D eigenvalue weighted by molar-refractivity contribution is -0.148. The quantitative estimate of drug-likeness (QED) is 0.291. The number of nitrogens with zero attached hydrogens (tertiary/aromatic N) is 1. The number of fused-ring (bicyclic) bond motifs is 1. The van der Waals surface area contributed by atoms with E-state index in [4.69, 9.17) is 5.73 Å². The number of hydrogen-bond acceptors (Lipinski definition) is 7. The number of carbonyl (C=O) groups excluding carboxylic acids is 5. The van der Waals surface area contributed by atoms with E-state index in [0.29, 0.717) is 31.7 Å². The predicted octanol–water partition coefficient (Wildman–Crippen LogP) is 3.76. The summed E-state index contributed by atoms with van der Waals surface area (Å²) in [6, 6.07) is -0.707. The number of amides is 2. The normalized spacial score (nSPS) is 29.5. The first-order valence-electron chi connectivity index (χ1n) is 16.2. The van der Waals surface area contributed by atoms with E-state index in [2.05, 4.69) is 13.8 Å². The van der Waals surface area contributed by atoms with Crippen LogP contribution in [0.5, 0.6) is 0 Å². The van der Waals surface area contributed by atoms with Crippen molar-refractivity contribution in [2.24, 2.45) is 58.0 Å². The fourth-order valence-corrected chi connectivity index (χ4v) is 10.5. The van der Waals surface area contributed by atoms with Crippen LogP contribution >= 0.6 is 0 Å². The minimum Gasteiger partial charge on any atom is -0.363 e. The number of likely N-dealkylation sites (tertiary alicyclic amines) is 1. The molecule has 4 unspecified atom stereocenters. The second kappa shape index (κ2) is 12.0. The third-order valence-corrected chi connectivity index (χ3v) is 13.5. The van der Waals surface area contributed by atoms with E-state index in [9.17, 15) is 32.4 Å². The van der Waals surface area contributed by atoms with Crippen LogP contribution in [0.4, 0.5) is 0 Å². The molecule has 2 amide bonds. The number of rotatable bonds is 14. The lowest BCUT2D eigenvalue weighted by atomic mass is 9.75. The Morgan fingerprint density at radius 2 is 1.60 bits per heavy atom. The first-order chi connectivity index (χ1) is 19.8. The number of nitrogens with two attached hydrogens (primary N) is 1. The summed E-state index contributed by atoms with van der Waals surface area (Å²) >= 11 is 0. The van der Waals surface area contributed by atoms with Gasteiger partial charge in [0.25, 0.3) is 5.91 Å². The van der Waals surface area contributed by atoms with Gasteiger partial charge < -0.3 is 10.6 Å². The molecule has 9 nitrogen and oxygen atoms in total. The summed E-state index contributed by atoms with van der Waals surface area (Å²) in [4.78, 5) is 67.9. The van der Waals surface area contributed by atoms with Gasteiger partial charge in [-0.05, 0) is 59.7 Å². The summed E-state index contributed by atoms with van der Waals surface area (Å²) in [7, 11) is -3.24. The maximum Gasteiger partial charge on any atom is 0.285 e. The summed E-state index contributed by atoms with van der Waals surface area (Å²) in [6.07, 6.45) is 3.55. The van der Waals surface area contributed by atoms with Crippen LogP contribution in [-0.4, -0.2) is 66.1 Å². The Labute approximate surface area is 257 Å². The van der Waals surface area contributed by atoms with Crippen molar-refractivity contribution in [1.29, 1.82) is 0 Å². The van der Waals surface area contributed by atoms with Crippen LogP contribution < -0.4 is 5.73 Å². The molecule has 10 heteroatoms. The van der Waals surface area contributed by atoms with E-state index in [1.54, 1.807) is 4.90 Å². The molecule has 0 aromatic heterocycles. The van der Waals surface area contributed by atoms with Crippen molar-refractivity contribution in [3.8, 4) is 0 Å². The van der Waals surface area contributed by atoms with Crippen LogP contribution in [0.2, 0.25) is 0 Å². The predicted molar refractivity (Wildman–Crippen MR) is 163 cm³/mol. The monoisotopic (exact) mass is 620 g/mol. The molecule has 43 heavy (non-hydrogen) atoms. The molecule has 4 fully saturated rings. The van der Waals surface area contributed by atoms with Gasteiger partial charge in [-0.1, -0.05) is 61.3 Å². The molecule has 242 valence electrons. The standard InChI is InChI=1S/C33H52N2O7S/c1-18(2)22(26-9-8-12-43(26,41)42)15-21(36)16-23(32(3,4)5)31(40)35-17-24-27(33(24,6)7)28(35)25(37)14-20(13-19-10-11-19)29(38)30(34)39/h18-20,22-24,26-28H,8-17H2,1-7H3,(H2,34,39)/t20?,22?,23-,24?,26?,27+,28-/m1/s1. The van der Waals surface area contributed by atoms with Crippen LogP contribution in [0.3, 0.4) is 0 Å². The van der Waals surface area contributed by atoms with Crippen molar-refractivity contribution < 1.29 is 32.4 Å². The van der Waals surface area contributed by atoms with Gasteiger partial charge in [-0.3, -0.25) is 24.0 Å². The highest BCUT2D eigenvalue weighted by atomic mass is 32.2. The second-order valence-electron chi connectivity index (χ2n) is 16.0. The van der Waals surface area contributed by atoms with Crippen LogP contribution in [-0.2, 0) is 33.8 Å². The van der Waals surface area contributed by atoms with Crippen molar-refractivity contribution in [1.82, 2.24) is 4.90 Å². The molecular formula is C33H52N2O7S. The lowest BCUT2D eigenvalue weighted by Gasteiger charge is -2.38. The SMILES string of the molecule is CC(C)C(CC(=O)C[C@H](C(=O)N1CC2[C@@H]([C@H]1C(=O)CC(CC1CC1)C(=O)C(N)=O)C2(C)C)C(C)(C)C)C1CCCS1(=O)=O. The van der Waals surface area contributed by atoms with Gasteiger partial charge in [0.1, 0.15) is 5.78 Å². The topological polar surface area (TPSA) is 149 Å². The minimum atomic E-state index is -3.24. The highest BCUT2D eigenvalue weighted by Crippen LogP contribution is 2.65. The van der Waals surface area contributed by atoms with Gasteiger partial charge in [0.05, 0.1) is 17.0 Å². The number of ketones is 3. The van der Waals surface area contributed by atoms with Gasteiger partial charge in [0, 0.05) is 37.6 Å². The first kappa shape index (κ1) is 33.8. The second-order valence-corrected chi connectivity index (χ2v) is 18.3. The number of piperidine rings is 1. The molecule has 0 aromatic carbocycles. The summed E-state index contributed by atoms with van der Waals surface area (Å²) in [5, 5.41) is -0.526. The van der Waals surface area contributed by atoms with Gasteiger partial charge in [-0.2, -0.15) is 0 Å². The largest absolute Gasteiger partial charge is 0.363 e. The third-order valence-electron chi connectivity index (χ3n) is 11.1. The number of Topliss-reactive ketones (excluding diaryl/α,β-unsaturated/α-hetero) is 3. The molecule has 2 saturated carbocycles. The van der Waals surface area contributed by atoms with Crippen molar-refractivity contribution >= 4 is 39.0 Å². The van der Waals surface area contributed by atoms with E-state index in [0.717, 1.165) is 12.8 Å². The Balaban J connectivity index is 1.53. The van der Waals surface area contributed by atoms with Gasteiger partial charge in [0.2, 0.25) is 11.7 Å². The third kappa shape index (κ3) is 7.09. The zero-order valence-electron chi connectivity index (χ0n) is 27.1. The molecule has 2 heterocycles. The Morgan fingerprint density at radius 3 is 2.09 bits per heavy atom. The van der Waals surface area contributed by atoms with Crippen LogP contribution in [0, 0.1) is 52.3 Å². The van der Waals surface area contributed by atoms with Gasteiger partial charge in [0.15, 0.2) is 15.6 Å². The summed E-state index contributed by atoms with van der Waals surface area (Å²) in [5.41, 5.74) is 4.63. The molecular weight excluding hydrogens is 568 g/mol. The average molecular weight is 621 g/mol. The Morgan fingerprint density at radius 1 is 0.977 bits per heavy atom. The van der Waals surface area contributed by atoms with E-state index in [1.807, 2.05) is 34.6 Å². The highest BCUT2D eigenvalue weighted by molar-refractivity contribution is 7.92. The smallest absolute Gasteiger partial charge is 0.285 e.